The molecule has 204 valence electrons. The van der Waals surface area contributed by atoms with Crippen molar-refractivity contribution in [2.45, 2.75) is 45.3 Å². The predicted octanol–water partition coefficient (Wildman–Crippen LogP) is 2.64. The molecule has 0 saturated carbocycles. The maximum atomic E-state index is 13.1. The SMILES string of the molecule is Cn1cc(Nc2nccc(-c3ccc4c(c3)CN(CCO)CC[C@@H]4NC(=O)c3cn(C(C)(C)C)nn3)n2)cn1. The number of amides is 1. The van der Waals surface area contributed by atoms with E-state index in [4.69, 9.17) is 4.98 Å². The maximum absolute atomic E-state index is 13.1. The predicted molar refractivity (Wildman–Crippen MR) is 146 cm³/mol. The van der Waals surface area contributed by atoms with E-state index in [2.05, 4.69) is 48.1 Å². The fraction of sp³-hybridized carbons (Fsp3) is 0.407. The van der Waals surface area contributed by atoms with Crippen LogP contribution in [0.2, 0.25) is 0 Å². The lowest BCUT2D eigenvalue weighted by atomic mass is 9.96. The van der Waals surface area contributed by atoms with Gasteiger partial charge in [-0.1, -0.05) is 17.3 Å². The van der Waals surface area contributed by atoms with Gasteiger partial charge in [-0.05, 0) is 50.5 Å². The summed E-state index contributed by atoms with van der Waals surface area (Å²) in [4.78, 5) is 24.4. The third-order valence-corrected chi connectivity index (χ3v) is 6.69. The van der Waals surface area contributed by atoms with Gasteiger partial charge in [0, 0.05) is 44.6 Å². The van der Waals surface area contributed by atoms with Crippen LogP contribution in [0.25, 0.3) is 11.3 Å². The van der Waals surface area contributed by atoms with Gasteiger partial charge in [-0.2, -0.15) is 5.10 Å². The van der Waals surface area contributed by atoms with Crippen LogP contribution in [0.5, 0.6) is 0 Å². The lowest BCUT2D eigenvalue weighted by Crippen LogP contribution is -2.31. The molecule has 0 spiro atoms. The smallest absolute Gasteiger partial charge is 0.273 e. The number of aliphatic hydroxyl groups excluding tert-OH is 1. The van der Waals surface area contributed by atoms with Gasteiger partial charge in [-0.25, -0.2) is 14.6 Å². The molecule has 0 unspecified atom stereocenters. The number of nitrogens with one attached hydrogen (secondary N) is 2. The molecule has 39 heavy (non-hydrogen) atoms. The highest BCUT2D eigenvalue weighted by Gasteiger charge is 2.26. The van der Waals surface area contributed by atoms with Gasteiger partial charge in [-0.15, -0.1) is 5.10 Å². The fourth-order valence-corrected chi connectivity index (χ4v) is 4.63. The average molecular weight is 531 g/mol. The first-order chi connectivity index (χ1) is 18.7. The Labute approximate surface area is 227 Å². The topological polar surface area (TPSA) is 139 Å². The van der Waals surface area contributed by atoms with E-state index in [1.54, 1.807) is 28.0 Å². The van der Waals surface area contributed by atoms with Crippen LogP contribution in [0.3, 0.4) is 0 Å². The Morgan fingerprint density at radius 3 is 2.77 bits per heavy atom. The van der Waals surface area contributed by atoms with E-state index in [1.165, 1.54) is 0 Å². The summed E-state index contributed by atoms with van der Waals surface area (Å²) in [5, 5.41) is 28.4. The van der Waals surface area contributed by atoms with Crippen LogP contribution in [0, 0.1) is 0 Å². The molecule has 1 atom stereocenters. The zero-order valence-electron chi connectivity index (χ0n) is 22.7. The summed E-state index contributed by atoms with van der Waals surface area (Å²) in [5.74, 6) is 0.217. The minimum atomic E-state index is -0.268. The van der Waals surface area contributed by atoms with E-state index in [9.17, 15) is 9.90 Å². The molecule has 5 rings (SSSR count). The number of nitrogens with zero attached hydrogens (tertiary/aromatic N) is 8. The highest BCUT2D eigenvalue weighted by Crippen LogP contribution is 2.31. The third-order valence-electron chi connectivity index (χ3n) is 6.69. The van der Waals surface area contributed by atoms with Gasteiger partial charge in [0.15, 0.2) is 5.69 Å². The lowest BCUT2D eigenvalue weighted by molar-refractivity contribution is 0.0926. The number of anilines is 2. The van der Waals surface area contributed by atoms with E-state index in [-0.39, 0.29) is 29.8 Å². The van der Waals surface area contributed by atoms with Gasteiger partial charge >= 0.3 is 0 Å². The molecule has 0 bridgehead atoms. The van der Waals surface area contributed by atoms with Crippen LogP contribution >= 0.6 is 0 Å². The molecular weight excluding hydrogens is 496 g/mol. The first-order valence-electron chi connectivity index (χ1n) is 13.0. The number of rotatable bonds is 7. The van der Waals surface area contributed by atoms with Crippen molar-refractivity contribution in [1.82, 2.24) is 45.0 Å². The molecule has 3 aromatic heterocycles. The van der Waals surface area contributed by atoms with Crippen LogP contribution in [-0.4, -0.2) is 70.4 Å². The van der Waals surface area contributed by atoms with Crippen molar-refractivity contribution in [2.24, 2.45) is 7.05 Å². The second kappa shape index (κ2) is 10.9. The van der Waals surface area contributed by atoms with E-state index < -0.39 is 0 Å². The second-order valence-corrected chi connectivity index (χ2v) is 10.7. The molecule has 0 radical (unpaired) electrons. The van der Waals surface area contributed by atoms with Crippen molar-refractivity contribution in [1.29, 1.82) is 0 Å². The van der Waals surface area contributed by atoms with Crippen LogP contribution < -0.4 is 10.6 Å². The monoisotopic (exact) mass is 530 g/mol. The molecule has 0 saturated heterocycles. The number of hydrogen-bond donors (Lipinski definition) is 3. The Hall–Kier alpha value is -4.16. The standard InChI is InChI=1S/C27H34N10O2/c1-27(2,3)37-17-24(33-34-37)25(39)31-23-8-10-36(11-12-38)15-19-13-18(5-6-21(19)23)22-7-9-28-26(32-22)30-20-14-29-35(4)16-20/h5-7,9,13-14,16-17,23,38H,8,10-12,15H2,1-4H3,(H,31,39)(H,28,30,32)/t23-/m0/s1. The Bertz CT molecular complexity index is 1450. The van der Waals surface area contributed by atoms with Crippen LogP contribution in [-0.2, 0) is 19.1 Å². The fourth-order valence-electron chi connectivity index (χ4n) is 4.63. The van der Waals surface area contributed by atoms with E-state index >= 15 is 0 Å². The van der Waals surface area contributed by atoms with Crippen molar-refractivity contribution in [3.63, 3.8) is 0 Å². The summed E-state index contributed by atoms with van der Waals surface area (Å²) in [6.07, 6.45) is 7.68. The van der Waals surface area contributed by atoms with Crippen molar-refractivity contribution in [2.75, 3.05) is 25.0 Å². The van der Waals surface area contributed by atoms with Crippen LogP contribution in [0.4, 0.5) is 11.6 Å². The Morgan fingerprint density at radius 1 is 1.21 bits per heavy atom. The molecule has 4 heterocycles. The number of aryl methyl sites for hydroxylation is 1. The summed E-state index contributed by atoms with van der Waals surface area (Å²) in [7, 11) is 1.85. The summed E-state index contributed by atoms with van der Waals surface area (Å²) in [5.41, 5.74) is 4.65. The second-order valence-electron chi connectivity index (χ2n) is 10.7. The van der Waals surface area contributed by atoms with E-state index in [0.29, 0.717) is 25.5 Å². The first-order valence-corrected chi connectivity index (χ1v) is 13.0. The van der Waals surface area contributed by atoms with E-state index in [0.717, 1.165) is 34.6 Å². The number of β-amino-alcohol motifs (C(OH)–C–C–N with tert-alkyl or cyclic N) is 1. The number of carbonyl (C=O) groups excluding carboxylic acids is 1. The summed E-state index contributed by atoms with van der Waals surface area (Å²) in [6, 6.07) is 7.84. The summed E-state index contributed by atoms with van der Waals surface area (Å²) in [6.45, 7) is 8.03. The highest BCUT2D eigenvalue weighted by molar-refractivity contribution is 5.92. The molecule has 1 amide bonds. The van der Waals surface area contributed by atoms with Gasteiger partial charge in [0.2, 0.25) is 5.95 Å². The van der Waals surface area contributed by atoms with Gasteiger partial charge in [0.1, 0.15) is 0 Å². The quantitative estimate of drug-likeness (QED) is 0.329. The Morgan fingerprint density at radius 2 is 2.05 bits per heavy atom. The highest BCUT2D eigenvalue weighted by atomic mass is 16.3. The lowest BCUT2D eigenvalue weighted by Gasteiger charge is -2.19. The maximum Gasteiger partial charge on any atom is 0.273 e. The zero-order chi connectivity index (χ0) is 27.6. The van der Waals surface area contributed by atoms with Gasteiger partial charge in [-0.3, -0.25) is 14.4 Å². The average Bonchev–Trinajstić information content (AvgIpc) is 3.52. The molecule has 12 heteroatoms. The van der Waals surface area contributed by atoms with Crippen molar-refractivity contribution >= 4 is 17.5 Å². The summed E-state index contributed by atoms with van der Waals surface area (Å²) >= 11 is 0. The normalized spacial score (nSPS) is 16.0. The summed E-state index contributed by atoms with van der Waals surface area (Å²) < 4.78 is 3.40. The van der Waals surface area contributed by atoms with E-state index in [1.807, 2.05) is 46.1 Å². The molecule has 1 aromatic carbocycles. The van der Waals surface area contributed by atoms with Crippen LogP contribution in [0.15, 0.2) is 49.1 Å². The van der Waals surface area contributed by atoms with Crippen molar-refractivity contribution in [3.8, 4) is 11.3 Å². The molecule has 4 aromatic rings. The molecule has 12 nitrogen and oxygen atoms in total. The van der Waals surface area contributed by atoms with Crippen molar-refractivity contribution < 1.29 is 9.90 Å². The zero-order valence-corrected chi connectivity index (χ0v) is 22.7. The first kappa shape index (κ1) is 26.4. The molecule has 3 N–H and O–H groups in total. The van der Waals surface area contributed by atoms with Gasteiger partial charge < -0.3 is 15.7 Å². The van der Waals surface area contributed by atoms with Crippen molar-refractivity contribution in [3.05, 3.63) is 65.9 Å². The molecular formula is C27H34N10O2. The number of aliphatic hydroxyl groups is 1. The number of hydrogen-bond acceptors (Lipinski definition) is 9. The van der Waals surface area contributed by atoms with Gasteiger partial charge in [0.05, 0.1) is 42.0 Å². The number of carbonyl (C=O) groups is 1. The molecule has 0 aliphatic carbocycles. The molecule has 1 aliphatic rings. The largest absolute Gasteiger partial charge is 0.395 e. The number of benzene rings is 1. The Kier molecular flexibility index (Phi) is 7.40. The number of fused-ring (bicyclic) bond motifs is 1. The van der Waals surface area contributed by atoms with Crippen LogP contribution in [0.1, 0.15) is 54.8 Å². The Balaban J connectivity index is 1.41. The third kappa shape index (κ3) is 6.13. The number of aromatic nitrogens is 7. The van der Waals surface area contributed by atoms with Gasteiger partial charge in [0.25, 0.3) is 5.91 Å². The molecule has 1 aliphatic heterocycles. The molecule has 0 fully saturated rings. The minimum absolute atomic E-state index is 0.0667. The minimum Gasteiger partial charge on any atom is -0.395 e.